The average molecular weight is 428 g/mol. The van der Waals surface area contributed by atoms with Crippen molar-refractivity contribution in [2.75, 3.05) is 39.9 Å². The summed E-state index contributed by atoms with van der Waals surface area (Å²) in [4.78, 5) is 6.41. The van der Waals surface area contributed by atoms with Crippen molar-refractivity contribution in [3.05, 3.63) is 53.9 Å². The SMILES string of the molecule is COc1cc(CNCCc2ccncc2)ccc1OCC(O)CN1CCCCCCC1. The van der Waals surface area contributed by atoms with Gasteiger partial charge in [-0.2, -0.15) is 0 Å². The van der Waals surface area contributed by atoms with Crippen molar-refractivity contribution in [1.29, 1.82) is 0 Å². The fourth-order valence-electron chi connectivity index (χ4n) is 3.99. The predicted molar refractivity (Wildman–Crippen MR) is 124 cm³/mol. The van der Waals surface area contributed by atoms with E-state index in [4.69, 9.17) is 9.47 Å². The molecule has 0 aliphatic carbocycles. The molecule has 0 radical (unpaired) electrons. The third kappa shape index (κ3) is 8.48. The molecule has 6 heteroatoms. The molecule has 1 unspecified atom stereocenters. The number of aromatic nitrogens is 1. The molecule has 0 saturated carbocycles. The second-order valence-electron chi connectivity index (χ2n) is 8.30. The summed E-state index contributed by atoms with van der Waals surface area (Å²) in [5.41, 5.74) is 2.42. The minimum Gasteiger partial charge on any atom is -0.493 e. The first kappa shape index (κ1) is 23.5. The minimum absolute atomic E-state index is 0.274. The van der Waals surface area contributed by atoms with Gasteiger partial charge in [-0.3, -0.25) is 4.98 Å². The molecule has 1 aliphatic heterocycles. The molecule has 170 valence electrons. The minimum atomic E-state index is -0.501. The highest BCUT2D eigenvalue weighted by molar-refractivity contribution is 5.43. The third-order valence-electron chi connectivity index (χ3n) is 5.75. The van der Waals surface area contributed by atoms with Crippen LogP contribution in [0.5, 0.6) is 11.5 Å². The van der Waals surface area contributed by atoms with Gasteiger partial charge in [-0.15, -0.1) is 0 Å². The Bertz CT molecular complexity index is 749. The number of benzene rings is 1. The molecule has 1 aromatic carbocycles. The van der Waals surface area contributed by atoms with E-state index < -0.39 is 6.10 Å². The van der Waals surface area contributed by atoms with Gasteiger partial charge in [0.15, 0.2) is 11.5 Å². The Kier molecular flexibility index (Phi) is 10.1. The van der Waals surface area contributed by atoms with Gasteiger partial charge < -0.3 is 24.8 Å². The number of ether oxygens (including phenoxy) is 2. The fourth-order valence-corrected chi connectivity index (χ4v) is 3.99. The van der Waals surface area contributed by atoms with Crippen LogP contribution in [-0.4, -0.2) is 61.0 Å². The molecule has 1 aromatic heterocycles. The number of methoxy groups -OCH3 is 1. The Labute approximate surface area is 186 Å². The van der Waals surface area contributed by atoms with Crippen molar-refractivity contribution < 1.29 is 14.6 Å². The highest BCUT2D eigenvalue weighted by atomic mass is 16.5. The van der Waals surface area contributed by atoms with E-state index in [0.29, 0.717) is 18.0 Å². The molecule has 1 atom stereocenters. The van der Waals surface area contributed by atoms with Crippen molar-refractivity contribution >= 4 is 0 Å². The van der Waals surface area contributed by atoms with Gasteiger partial charge in [-0.25, -0.2) is 0 Å². The summed E-state index contributed by atoms with van der Waals surface area (Å²) in [5, 5.41) is 13.9. The van der Waals surface area contributed by atoms with Crippen molar-refractivity contribution in [1.82, 2.24) is 15.2 Å². The summed E-state index contributed by atoms with van der Waals surface area (Å²) >= 11 is 0. The van der Waals surface area contributed by atoms with Crippen molar-refractivity contribution in [2.24, 2.45) is 0 Å². The lowest BCUT2D eigenvalue weighted by atomic mass is 10.1. The van der Waals surface area contributed by atoms with Crippen LogP contribution >= 0.6 is 0 Å². The van der Waals surface area contributed by atoms with Gasteiger partial charge >= 0.3 is 0 Å². The van der Waals surface area contributed by atoms with E-state index in [9.17, 15) is 5.11 Å². The van der Waals surface area contributed by atoms with E-state index in [0.717, 1.165) is 38.2 Å². The zero-order valence-electron chi connectivity index (χ0n) is 18.8. The van der Waals surface area contributed by atoms with Crippen LogP contribution in [0.15, 0.2) is 42.7 Å². The molecule has 0 spiro atoms. The molecule has 1 saturated heterocycles. The first-order valence-electron chi connectivity index (χ1n) is 11.5. The molecular formula is C25H37N3O3. The van der Waals surface area contributed by atoms with Gasteiger partial charge in [0, 0.05) is 25.5 Å². The number of hydrogen-bond donors (Lipinski definition) is 2. The standard InChI is InChI=1S/C25H37N3O3/c1-30-25-17-22(18-27-14-11-21-9-12-26-13-10-21)7-8-24(25)31-20-23(29)19-28-15-5-3-2-4-6-16-28/h7-10,12-13,17,23,27,29H,2-6,11,14-16,18-20H2,1H3. The number of hydrogen-bond acceptors (Lipinski definition) is 6. The van der Waals surface area contributed by atoms with Gasteiger partial charge in [0.25, 0.3) is 0 Å². The van der Waals surface area contributed by atoms with Crippen LogP contribution in [0, 0.1) is 0 Å². The number of nitrogens with zero attached hydrogens (tertiary/aromatic N) is 2. The Morgan fingerprint density at radius 3 is 2.48 bits per heavy atom. The maximum atomic E-state index is 10.5. The Morgan fingerprint density at radius 2 is 1.74 bits per heavy atom. The molecule has 0 bridgehead atoms. The van der Waals surface area contributed by atoms with Crippen LogP contribution in [0.25, 0.3) is 0 Å². The first-order chi connectivity index (χ1) is 15.2. The summed E-state index contributed by atoms with van der Waals surface area (Å²) < 4.78 is 11.4. The van der Waals surface area contributed by atoms with E-state index in [-0.39, 0.29) is 6.61 Å². The Morgan fingerprint density at radius 1 is 1.00 bits per heavy atom. The van der Waals surface area contributed by atoms with Crippen LogP contribution in [0.3, 0.4) is 0 Å². The molecule has 1 aliphatic rings. The lowest BCUT2D eigenvalue weighted by Crippen LogP contribution is -2.37. The molecule has 2 heterocycles. The summed E-state index contributed by atoms with van der Waals surface area (Å²) in [7, 11) is 1.65. The quantitative estimate of drug-likeness (QED) is 0.536. The molecule has 0 amide bonds. The number of β-amino-alcohol motifs (C(OH)–C–C–N with tert-alkyl or cyclic N) is 1. The summed E-state index contributed by atoms with van der Waals surface area (Å²) in [5.74, 6) is 1.38. The Hall–Kier alpha value is -2.15. The van der Waals surface area contributed by atoms with Crippen LogP contribution in [0.2, 0.25) is 0 Å². The lowest BCUT2D eigenvalue weighted by Gasteiger charge is -2.26. The maximum Gasteiger partial charge on any atom is 0.161 e. The van der Waals surface area contributed by atoms with Crippen LogP contribution < -0.4 is 14.8 Å². The molecule has 2 aromatic rings. The van der Waals surface area contributed by atoms with Gasteiger partial charge in [-0.1, -0.05) is 25.3 Å². The van der Waals surface area contributed by atoms with Gasteiger partial charge in [0.05, 0.1) is 7.11 Å². The average Bonchev–Trinajstić information content (AvgIpc) is 2.78. The van der Waals surface area contributed by atoms with Crippen molar-refractivity contribution in [3.8, 4) is 11.5 Å². The molecule has 3 rings (SSSR count). The Balaban J connectivity index is 1.42. The monoisotopic (exact) mass is 427 g/mol. The fraction of sp³-hybridized carbons (Fsp3) is 0.560. The van der Waals surface area contributed by atoms with Crippen molar-refractivity contribution in [2.45, 2.75) is 51.2 Å². The molecule has 1 fully saturated rings. The summed E-state index contributed by atoms with van der Waals surface area (Å²) in [6.07, 6.45) is 10.5. The highest BCUT2D eigenvalue weighted by Gasteiger charge is 2.15. The largest absolute Gasteiger partial charge is 0.493 e. The van der Waals surface area contributed by atoms with Gasteiger partial charge in [0.1, 0.15) is 12.7 Å². The number of likely N-dealkylation sites (tertiary alicyclic amines) is 1. The predicted octanol–water partition coefficient (Wildman–Crippen LogP) is 3.43. The van der Waals surface area contributed by atoms with Crippen molar-refractivity contribution in [3.63, 3.8) is 0 Å². The van der Waals surface area contributed by atoms with E-state index >= 15 is 0 Å². The highest BCUT2D eigenvalue weighted by Crippen LogP contribution is 2.28. The zero-order valence-corrected chi connectivity index (χ0v) is 18.8. The lowest BCUT2D eigenvalue weighted by molar-refractivity contribution is 0.0645. The smallest absolute Gasteiger partial charge is 0.161 e. The summed E-state index contributed by atoms with van der Waals surface area (Å²) in [6, 6.07) is 10.1. The van der Waals surface area contributed by atoms with Gasteiger partial charge in [-0.05, 0) is 74.3 Å². The maximum absolute atomic E-state index is 10.5. The second kappa shape index (κ2) is 13.3. The van der Waals surface area contributed by atoms with E-state index in [1.165, 1.54) is 37.7 Å². The normalized spacial score (nSPS) is 16.3. The van der Waals surface area contributed by atoms with Crippen LogP contribution in [0.1, 0.15) is 43.2 Å². The van der Waals surface area contributed by atoms with Crippen LogP contribution in [0.4, 0.5) is 0 Å². The number of aliphatic hydroxyl groups is 1. The number of rotatable bonds is 11. The summed E-state index contributed by atoms with van der Waals surface area (Å²) in [6.45, 7) is 4.75. The first-order valence-corrected chi connectivity index (χ1v) is 11.5. The molecule has 31 heavy (non-hydrogen) atoms. The van der Waals surface area contributed by atoms with E-state index in [1.807, 2.05) is 42.7 Å². The van der Waals surface area contributed by atoms with Crippen LogP contribution in [-0.2, 0) is 13.0 Å². The number of nitrogens with one attached hydrogen (secondary N) is 1. The number of pyridine rings is 1. The van der Waals surface area contributed by atoms with E-state index in [2.05, 4.69) is 15.2 Å². The molecule has 2 N–H and O–H groups in total. The molecular weight excluding hydrogens is 390 g/mol. The van der Waals surface area contributed by atoms with E-state index in [1.54, 1.807) is 7.11 Å². The second-order valence-corrected chi connectivity index (χ2v) is 8.30. The topological polar surface area (TPSA) is 66.8 Å². The number of aliphatic hydroxyl groups excluding tert-OH is 1. The molecule has 6 nitrogen and oxygen atoms in total. The van der Waals surface area contributed by atoms with Gasteiger partial charge in [0.2, 0.25) is 0 Å². The third-order valence-corrected chi connectivity index (χ3v) is 5.75. The zero-order chi connectivity index (χ0) is 21.7.